The van der Waals surface area contributed by atoms with E-state index in [0.29, 0.717) is 11.6 Å². The van der Waals surface area contributed by atoms with Crippen LogP contribution in [0.2, 0.25) is 5.02 Å². The summed E-state index contributed by atoms with van der Waals surface area (Å²) in [5, 5.41) is 20.2. The summed E-state index contributed by atoms with van der Waals surface area (Å²) in [7, 11) is 0. The van der Waals surface area contributed by atoms with Gasteiger partial charge in [0.25, 0.3) is 0 Å². The molecular formula is C21H22BrClN6. The van der Waals surface area contributed by atoms with E-state index in [9.17, 15) is 0 Å². The highest BCUT2D eigenvalue weighted by molar-refractivity contribution is 9.10. The monoisotopic (exact) mass is 472 g/mol. The molecule has 8 heteroatoms. The molecule has 4 aromatic rings. The van der Waals surface area contributed by atoms with Gasteiger partial charge in [0.2, 0.25) is 0 Å². The molecule has 2 heterocycles. The first-order valence-corrected chi connectivity index (χ1v) is 10.5. The summed E-state index contributed by atoms with van der Waals surface area (Å²) < 4.78 is 2.87. The van der Waals surface area contributed by atoms with Gasteiger partial charge in [-0.25, -0.2) is 4.68 Å². The first kappa shape index (κ1) is 19.9. The van der Waals surface area contributed by atoms with Crippen LogP contribution in [0.25, 0.3) is 22.3 Å². The van der Waals surface area contributed by atoms with E-state index in [1.54, 1.807) is 0 Å². The number of aromatic nitrogens is 5. The molecule has 0 amide bonds. The lowest BCUT2D eigenvalue weighted by atomic mass is 9.97. The van der Waals surface area contributed by atoms with Crippen molar-refractivity contribution in [1.82, 2.24) is 25.2 Å². The van der Waals surface area contributed by atoms with Crippen LogP contribution < -0.4 is 5.32 Å². The summed E-state index contributed by atoms with van der Waals surface area (Å²) in [6.07, 6.45) is 1.91. The Hall–Kier alpha value is -2.38. The van der Waals surface area contributed by atoms with Gasteiger partial charge in [-0.1, -0.05) is 49.7 Å². The normalized spacial score (nSPS) is 11.9. The van der Waals surface area contributed by atoms with Crippen molar-refractivity contribution in [3.05, 3.63) is 57.7 Å². The van der Waals surface area contributed by atoms with Gasteiger partial charge in [0.1, 0.15) is 5.52 Å². The second-order valence-electron chi connectivity index (χ2n) is 8.22. The molecule has 29 heavy (non-hydrogen) atoms. The molecule has 0 fully saturated rings. The van der Waals surface area contributed by atoms with Crippen molar-refractivity contribution in [2.45, 2.75) is 33.9 Å². The average Bonchev–Trinajstić information content (AvgIpc) is 3.28. The van der Waals surface area contributed by atoms with Crippen LogP contribution >= 0.6 is 27.5 Å². The standard InChI is InChI=1S/C21H22BrClN6/c1-21(2,3)12-29-17-9-8-16(18(22)20(17)27-28-29)24-10-14-11-25-26-19(14)13-4-6-15(23)7-5-13/h4-9,11,24H,10,12H2,1-3H3,(H,25,26). The zero-order valence-electron chi connectivity index (χ0n) is 16.5. The van der Waals surface area contributed by atoms with Crippen molar-refractivity contribution in [2.24, 2.45) is 5.41 Å². The second kappa shape index (κ2) is 7.80. The summed E-state index contributed by atoms with van der Waals surface area (Å²) in [6.45, 7) is 7.99. The third-order valence-corrected chi connectivity index (χ3v) is 5.61. The van der Waals surface area contributed by atoms with Crippen molar-refractivity contribution in [1.29, 1.82) is 0 Å². The van der Waals surface area contributed by atoms with E-state index in [1.807, 2.05) is 35.1 Å². The number of benzene rings is 2. The fraction of sp³-hybridized carbons (Fsp3) is 0.286. The molecule has 0 spiro atoms. The number of anilines is 1. The highest BCUT2D eigenvalue weighted by atomic mass is 79.9. The van der Waals surface area contributed by atoms with E-state index in [-0.39, 0.29) is 5.41 Å². The molecule has 2 N–H and O–H groups in total. The SMILES string of the molecule is CC(C)(C)Cn1nnc2c(Br)c(NCc3c[nH]nc3-c3ccc(Cl)cc3)ccc21. The maximum atomic E-state index is 6.00. The minimum atomic E-state index is 0.128. The first-order chi connectivity index (χ1) is 13.8. The molecule has 4 rings (SSSR count). The van der Waals surface area contributed by atoms with Crippen LogP contribution in [-0.2, 0) is 13.1 Å². The molecule has 6 nitrogen and oxygen atoms in total. The largest absolute Gasteiger partial charge is 0.380 e. The fourth-order valence-corrected chi connectivity index (χ4v) is 3.89. The second-order valence-corrected chi connectivity index (χ2v) is 9.45. The van der Waals surface area contributed by atoms with Gasteiger partial charge >= 0.3 is 0 Å². The zero-order chi connectivity index (χ0) is 20.6. The van der Waals surface area contributed by atoms with Crippen LogP contribution in [0.3, 0.4) is 0 Å². The molecular weight excluding hydrogens is 452 g/mol. The lowest BCUT2D eigenvalue weighted by Gasteiger charge is -2.18. The van der Waals surface area contributed by atoms with Gasteiger partial charge in [-0.05, 0) is 45.6 Å². The summed E-state index contributed by atoms with van der Waals surface area (Å²) in [5.41, 5.74) is 5.95. The molecule has 0 atom stereocenters. The number of fused-ring (bicyclic) bond motifs is 1. The number of nitrogens with one attached hydrogen (secondary N) is 2. The zero-order valence-corrected chi connectivity index (χ0v) is 18.8. The predicted octanol–water partition coefficient (Wildman–Crippen LogP) is 5.90. The Labute approximate surface area is 182 Å². The average molecular weight is 474 g/mol. The maximum Gasteiger partial charge on any atom is 0.129 e. The van der Waals surface area contributed by atoms with E-state index in [4.69, 9.17) is 11.6 Å². The molecule has 0 saturated heterocycles. The number of hydrogen-bond donors (Lipinski definition) is 2. The van der Waals surface area contributed by atoms with Gasteiger partial charge in [0, 0.05) is 35.4 Å². The van der Waals surface area contributed by atoms with E-state index in [0.717, 1.165) is 44.6 Å². The summed E-state index contributed by atoms with van der Waals surface area (Å²) in [4.78, 5) is 0. The molecule has 0 saturated carbocycles. The third-order valence-electron chi connectivity index (χ3n) is 4.56. The van der Waals surface area contributed by atoms with Crippen LogP contribution in [0.15, 0.2) is 47.1 Å². The van der Waals surface area contributed by atoms with Crippen molar-refractivity contribution in [2.75, 3.05) is 5.32 Å². The quantitative estimate of drug-likeness (QED) is 0.379. The lowest BCUT2D eigenvalue weighted by Crippen LogP contribution is -2.16. The van der Waals surface area contributed by atoms with E-state index < -0.39 is 0 Å². The molecule has 0 aliphatic carbocycles. The Balaban J connectivity index is 1.56. The molecule has 0 aliphatic heterocycles. The van der Waals surface area contributed by atoms with E-state index in [2.05, 4.69) is 74.7 Å². The van der Waals surface area contributed by atoms with Crippen molar-refractivity contribution in [3.8, 4) is 11.3 Å². The Morgan fingerprint density at radius 1 is 1.14 bits per heavy atom. The topological polar surface area (TPSA) is 71.4 Å². The Morgan fingerprint density at radius 3 is 2.62 bits per heavy atom. The summed E-state index contributed by atoms with van der Waals surface area (Å²) >= 11 is 9.69. The molecule has 0 bridgehead atoms. The molecule has 2 aromatic carbocycles. The Morgan fingerprint density at radius 2 is 1.90 bits per heavy atom. The first-order valence-electron chi connectivity index (χ1n) is 9.36. The third kappa shape index (κ3) is 4.31. The van der Waals surface area contributed by atoms with Crippen LogP contribution in [0.4, 0.5) is 5.69 Å². The summed E-state index contributed by atoms with van der Waals surface area (Å²) in [6, 6.07) is 11.8. The highest BCUT2D eigenvalue weighted by Crippen LogP contribution is 2.32. The van der Waals surface area contributed by atoms with Crippen LogP contribution in [0, 0.1) is 5.41 Å². The van der Waals surface area contributed by atoms with E-state index >= 15 is 0 Å². The van der Waals surface area contributed by atoms with Gasteiger partial charge < -0.3 is 5.32 Å². The molecule has 0 aliphatic rings. The number of halogens is 2. The Kier molecular flexibility index (Phi) is 5.36. The predicted molar refractivity (Wildman–Crippen MR) is 121 cm³/mol. The van der Waals surface area contributed by atoms with Gasteiger partial charge in [-0.15, -0.1) is 5.10 Å². The molecule has 0 radical (unpaired) electrons. The van der Waals surface area contributed by atoms with Crippen molar-refractivity contribution in [3.63, 3.8) is 0 Å². The van der Waals surface area contributed by atoms with Gasteiger partial charge in [-0.3, -0.25) is 5.10 Å². The number of aromatic amines is 1. The Bertz CT molecular complexity index is 1140. The van der Waals surface area contributed by atoms with Gasteiger partial charge in [0.15, 0.2) is 0 Å². The minimum absolute atomic E-state index is 0.128. The van der Waals surface area contributed by atoms with Gasteiger partial charge in [-0.2, -0.15) is 5.10 Å². The summed E-state index contributed by atoms with van der Waals surface area (Å²) in [5.74, 6) is 0. The van der Waals surface area contributed by atoms with Crippen LogP contribution in [0.5, 0.6) is 0 Å². The van der Waals surface area contributed by atoms with Gasteiger partial charge in [0.05, 0.1) is 21.4 Å². The van der Waals surface area contributed by atoms with Crippen LogP contribution in [0.1, 0.15) is 26.3 Å². The number of rotatable bonds is 5. The molecule has 150 valence electrons. The lowest BCUT2D eigenvalue weighted by molar-refractivity contribution is 0.327. The molecule has 2 aromatic heterocycles. The number of nitrogens with zero attached hydrogens (tertiary/aromatic N) is 4. The fourth-order valence-electron chi connectivity index (χ4n) is 3.21. The highest BCUT2D eigenvalue weighted by Gasteiger charge is 2.17. The minimum Gasteiger partial charge on any atom is -0.380 e. The van der Waals surface area contributed by atoms with Crippen LogP contribution in [-0.4, -0.2) is 25.2 Å². The van der Waals surface area contributed by atoms with Crippen molar-refractivity contribution < 1.29 is 0 Å². The maximum absolute atomic E-state index is 6.00. The smallest absolute Gasteiger partial charge is 0.129 e. The molecule has 0 unspecified atom stereocenters. The van der Waals surface area contributed by atoms with E-state index in [1.165, 1.54) is 0 Å². The number of H-pyrrole nitrogens is 1. The van der Waals surface area contributed by atoms with Crippen molar-refractivity contribution >= 4 is 44.3 Å². The number of hydrogen-bond acceptors (Lipinski definition) is 4.